The van der Waals surface area contributed by atoms with Gasteiger partial charge in [0.25, 0.3) is 0 Å². The molecule has 0 unspecified atom stereocenters. The second-order valence-electron chi connectivity index (χ2n) is 2.33. The van der Waals surface area contributed by atoms with Gasteiger partial charge in [-0.25, -0.2) is 4.99 Å². The van der Waals surface area contributed by atoms with Crippen LogP contribution in [-0.4, -0.2) is 28.6 Å². The molecule has 2 rings (SSSR count). The summed E-state index contributed by atoms with van der Waals surface area (Å²) in [4.78, 5) is 3.97. The molecule has 12 heavy (non-hydrogen) atoms. The minimum atomic E-state index is 0. The van der Waals surface area contributed by atoms with Crippen LogP contribution in [-0.2, 0) is 22.4 Å². The predicted molar refractivity (Wildman–Crippen MR) is 40.0 cm³/mol. The topological polar surface area (TPSA) is 51.1 Å². The number of aliphatic hydroxyl groups excluding tert-OH is 1. The zero-order chi connectivity index (χ0) is 7.84. The fraction of sp³-hybridized carbons (Fsp3) is 0.167. The Morgan fingerprint density at radius 2 is 2.33 bits per heavy atom. The van der Waals surface area contributed by atoms with Crippen molar-refractivity contribution in [2.75, 3.05) is 7.05 Å². The molecule has 0 aliphatic carbocycles. The van der Waals surface area contributed by atoms with Crippen molar-refractivity contribution < 1.29 is 27.5 Å². The van der Waals surface area contributed by atoms with Crippen LogP contribution in [0.1, 0.15) is 0 Å². The number of nitrogens with one attached hydrogen (secondary N) is 1. The first-order valence-corrected chi connectivity index (χ1v) is 3.21. The van der Waals surface area contributed by atoms with E-state index in [1.54, 1.807) is 28.7 Å². The molecule has 6 heteroatoms. The Hall–Kier alpha value is -0.910. The summed E-state index contributed by atoms with van der Waals surface area (Å²) in [6, 6.07) is 0. The molecule has 2 aliphatic heterocycles. The Balaban J connectivity index is 0.000000720. The summed E-state index contributed by atoms with van der Waals surface area (Å²) in [7, 11) is 1.81. The van der Waals surface area contributed by atoms with Crippen LogP contribution in [0.15, 0.2) is 28.8 Å². The molecule has 0 fully saturated rings. The fourth-order valence-corrected chi connectivity index (χ4v) is 1.04. The van der Waals surface area contributed by atoms with Crippen molar-refractivity contribution in [3.63, 3.8) is 0 Å². The number of hydrogen-bond acceptors (Lipinski definition) is 5. The van der Waals surface area contributed by atoms with E-state index in [4.69, 9.17) is 5.11 Å². The first kappa shape index (κ1) is 9.18. The van der Waals surface area contributed by atoms with Gasteiger partial charge in [0.1, 0.15) is 12.1 Å². The van der Waals surface area contributed by atoms with Gasteiger partial charge in [-0.3, -0.25) is 10.4 Å². The summed E-state index contributed by atoms with van der Waals surface area (Å²) in [5, 5.41) is 12.6. The van der Waals surface area contributed by atoms with Crippen LogP contribution in [0.3, 0.4) is 0 Å². The second kappa shape index (κ2) is 3.22. The van der Waals surface area contributed by atoms with Crippen molar-refractivity contribution in [3.8, 4) is 0 Å². The van der Waals surface area contributed by atoms with Gasteiger partial charge in [-0.15, -0.1) is 0 Å². The van der Waals surface area contributed by atoms with Crippen molar-refractivity contribution in [1.82, 2.24) is 15.6 Å². The minimum Gasteiger partial charge on any atom is -0.506 e. The summed E-state index contributed by atoms with van der Waals surface area (Å²) < 4.78 is 0. The molecule has 69 valence electrons. The van der Waals surface area contributed by atoms with Gasteiger partial charge in [0.05, 0.1) is 6.20 Å². The third kappa shape index (κ3) is 1.34. The van der Waals surface area contributed by atoms with E-state index in [-0.39, 0.29) is 28.1 Å². The Labute approximate surface area is 85.5 Å². The molecule has 0 aromatic heterocycles. The third-order valence-electron chi connectivity index (χ3n) is 1.51. The van der Waals surface area contributed by atoms with Gasteiger partial charge in [-0.2, -0.15) is 5.12 Å². The van der Waals surface area contributed by atoms with E-state index in [2.05, 4.69) is 10.4 Å². The van der Waals surface area contributed by atoms with Crippen LogP contribution in [0.2, 0.25) is 0 Å². The van der Waals surface area contributed by atoms with Crippen LogP contribution in [0.25, 0.3) is 0 Å². The van der Waals surface area contributed by atoms with E-state index in [9.17, 15) is 0 Å². The molecule has 2 heterocycles. The van der Waals surface area contributed by atoms with Crippen LogP contribution < -0.4 is 5.43 Å². The van der Waals surface area contributed by atoms with Gasteiger partial charge in [-0.1, -0.05) is 0 Å². The Kier molecular flexibility index (Phi) is 2.46. The van der Waals surface area contributed by atoms with Crippen molar-refractivity contribution in [2.24, 2.45) is 4.99 Å². The smallest absolute Gasteiger partial charge is 0.175 e. The number of rotatable bonds is 0. The first-order valence-electron chi connectivity index (χ1n) is 3.21. The average molecular weight is 260 g/mol. The standard InChI is InChI=1S/C6H8N4O.Ag/c1-9-3-5(11)2-6-7-4-8-10(6)9;/h2-4,11H,1H3,(H,7,8);. The summed E-state index contributed by atoms with van der Waals surface area (Å²) in [6.07, 6.45) is 4.73. The summed E-state index contributed by atoms with van der Waals surface area (Å²) in [5.41, 5.74) is 2.87. The maximum Gasteiger partial charge on any atom is 0.175 e. The van der Waals surface area contributed by atoms with Crippen molar-refractivity contribution in [2.45, 2.75) is 0 Å². The van der Waals surface area contributed by atoms with Gasteiger partial charge in [0, 0.05) is 35.5 Å². The number of nitrogens with zero attached hydrogens (tertiary/aromatic N) is 3. The largest absolute Gasteiger partial charge is 0.506 e. The van der Waals surface area contributed by atoms with Crippen molar-refractivity contribution in [1.29, 1.82) is 0 Å². The van der Waals surface area contributed by atoms with Gasteiger partial charge >= 0.3 is 0 Å². The van der Waals surface area contributed by atoms with E-state index < -0.39 is 0 Å². The molecule has 0 saturated heterocycles. The van der Waals surface area contributed by atoms with Gasteiger partial charge in [-0.05, 0) is 0 Å². The number of fused-ring (bicyclic) bond motifs is 1. The first-order chi connectivity index (χ1) is 5.27. The zero-order valence-electron chi connectivity index (χ0n) is 6.32. The van der Waals surface area contributed by atoms with E-state index in [1.807, 2.05) is 7.05 Å². The molecule has 0 spiro atoms. The number of aliphatic imine (C=N–C) groups is 1. The Morgan fingerprint density at radius 3 is 3.08 bits per heavy atom. The van der Waals surface area contributed by atoms with E-state index in [0.29, 0.717) is 5.82 Å². The molecule has 2 N–H and O–H groups in total. The van der Waals surface area contributed by atoms with E-state index >= 15 is 0 Å². The molecule has 0 atom stereocenters. The Morgan fingerprint density at radius 1 is 1.58 bits per heavy atom. The maximum absolute atomic E-state index is 9.14. The third-order valence-corrected chi connectivity index (χ3v) is 1.51. The molecule has 1 radical (unpaired) electrons. The van der Waals surface area contributed by atoms with Gasteiger partial charge in [0.2, 0.25) is 0 Å². The number of hydrazine groups is 2. The van der Waals surface area contributed by atoms with Crippen LogP contribution in [0.5, 0.6) is 0 Å². The molecule has 0 aromatic rings. The SMILES string of the molecule is CN1C=C(O)C=C2N=CNN21.[Ag]. The normalized spacial score (nSPS) is 19.1. The number of hydrogen-bond donors (Lipinski definition) is 2. The summed E-state index contributed by atoms with van der Waals surface area (Å²) in [6.45, 7) is 0. The van der Waals surface area contributed by atoms with Gasteiger partial charge < -0.3 is 5.11 Å². The molecule has 0 saturated carbocycles. The molecule has 0 amide bonds. The minimum absolute atomic E-state index is 0. The van der Waals surface area contributed by atoms with Crippen LogP contribution >= 0.6 is 0 Å². The molecule has 0 aromatic carbocycles. The monoisotopic (exact) mass is 259 g/mol. The van der Waals surface area contributed by atoms with Gasteiger partial charge in [0.15, 0.2) is 5.82 Å². The molecular weight excluding hydrogens is 252 g/mol. The number of allylic oxidation sites excluding steroid dienone is 1. The molecule has 5 nitrogen and oxygen atoms in total. The fourth-order valence-electron chi connectivity index (χ4n) is 1.04. The van der Waals surface area contributed by atoms with Crippen molar-refractivity contribution >= 4 is 6.34 Å². The van der Waals surface area contributed by atoms with Crippen molar-refractivity contribution in [3.05, 3.63) is 23.9 Å². The molecular formula is C6H8AgN4O. The summed E-state index contributed by atoms with van der Waals surface area (Å²) >= 11 is 0. The van der Waals surface area contributed by atoms with E-state index in [0.717, 1.165) is 0 Å². The predicted octanol–water partition coefficient (Wildman–Crippen LogP) is -0.0664. The maximum atomic E-state index is 9.14. The molecule has 0 bridgehead atoms. The quantitative estimate of drug-likeness (QED) is 0.599. The second-order valence-corrected chi connectivity index (χ2v) is 2.33. The molecule has 2 aliphatic rings. The van der Waals surface area contributed by atoms with E-state index in [1.165, 1.54) is 0 Å². The zero-order valence-corrected chi connectivity index (χ0v) is 7.80. The average Bonchev–Trinajstić information content (AvgIpc) is 2.34. The van der Waals surface area contributed by atoms with Crippen LogP contribution in [0, 0.1) is 0 Å². The Bertz CT molecular complexity index is 273. The summed E-state index contributed by atoms with van der Waals surface area (Å²) in [5.74, 6) is 0.895. The number of aliphatic hydroxyl groups is 1. The van der Waals surface area contributed by atoms with Crippen LogP contribution in [0.4, 0.5) is 0 Å².